The molecule has 0 unspecified atom stereocenters. The quantitative estimate of drug-likeness (QED) is 0.429. The largest absolute Gasteiger partial charge is 0.493 e. The van der Waals surface area contributed by atoms with Crippen molar-refractivity contribution in [2.45, 2.75) is 65.0 Å². The average molecular weight is 587 g/mol. The number of carbonyl (C=O) groups is 3. The van der Waals surface area contributed by atoms with Crippen LogP contribution < -0.4 is 14.8 Å². The molecule has 9 nitrogen and oxygen atoms in total. The number of amides is 1. The first kappa shape index (κ1) is 30.8. The van der Waals surface area contributed by atoms with Gasteiger partial charge in [0.2, 0.25) is 5.75 Å². The van der Waals surface area contributed by atoms with Crippen molar-refractivity contribution in [2.24, 2.45) is 23.7 Å². The van der Waals surface area contributed by atoms with E-state index in [9.17, 15) is 14.4 Å². The Balaban J connectivity index is 1.55. The molecule has 4 rings (SSSR count). The van der Waals surface area contributed by atoms with Crippen LogP contribution in [0.15, 0.2) is 36.5 Å². The molecule has 0 spiro atoms. The van der Waals surface area contributed by atoms with Crippen molar-refractivity contribution in [1.82, 2.24) is 10.3 Å². The van der Waals surface area contributed by atoms with Crippen molar-refractivity contribution in [1.29, 1.82) is 0 Å². The molecule has 2 heterocycles. The maximum absolute atomic E-state index is 13.4. The lowest BCUT2D eigenvalue weighted by atomic mass is 9.75. The second kappa shape index (κ2) is 14.1. The summed E-state index contributed by atoms with van der Waals surface area (Å²) in [4.78, 5) is 43.2. The van der Waals surface area contributed by atoms with Crippen LogP contribution in [0.25, 0.3) is 0 Å². The summed E-state index contributed by atoms with van der Waals surface area (Å²) in [5.74, 6) is -1.58. The van der Waals surface area contributed by atoms with Gasteiger partial charge in [-0.15, -0.1) is 0 Å². The van der Waals surface area contributed by atoms with Crippen LogP contribution >= 0.6 is 11.6 Å². The number of esters is 2. The fourth-order valence-corrected chi connectivity index (χ4v) is 6.00. The van der Waals surface area contributed by atoms with Crippen molar-refractivity contribution < 1.29 is 33.3 Å². The molecule has 2 aromatic rings. The Bertz CT molecular complexity index is 1210. The first-order chi connectivity index (χ1) is 19.7. The summed E-state index contributed by atoms with van der Waals surface area (Å²) in [6.45, 7) is 5.63. The first-order valence-electron chi connectivity index (χ1n) is 14.3. The van der Waals surface area contributed by atoms with Gasteiger partial charge in [-0.05, 0) is 42.9 Å². The summed E-state index contributed by atoms with van der Waals surface area (Å²) in [7, 11) is 1.40. The topological polar surface area (TPSA) is 113 Å². The van der Waals surface area contributed by atoms with Crippen LogP contribution in [0.2, 0.25) is 5.02 Å². The molecule has 10 heteroatoms. The first-order valence-corrected chi connectivity index (χ1v) is 14.6. The predicted octanol–water partition coefficient (Wildman–Crippen LogP) is 5.03. The van der Waals surface area contributed by atoms with Gasteiger partial charge in [0.15, 0.2) is 17.5 Å². The molecule has 1 amide bonds. The van der Waals surface area contributed by atoms with Crippen molar-refractivity contribution in [3.8, 4) is 11.5 Å². The third-order valence-corrected chi connectivity index (χ3v) is 8.18. The number of hydrogen-bond donors (Lipinski definition) is 1. The van der Waals surface area contributed by atoms with Crippen molar-refractivity contribution in [2.75, 3.05) is 20.3 Å². The van der Waals surface area contributed by atoms with Crippen molar-refractivity contribution >= 4 is 29.4 Å². The van der Waals surface area contributed by atoms with E-state index in [1.165, 1.54) is 19.4 Å². The van der Waals surface area contributed by atoms with Gasteiger partial charge in [-0.2, -0.15) is 0 Å². The van der Waals surface area contributed by atoms with Gasteiger partial charge in [0.05, 0.1) is 26.2 Å². The van der Waals surface area contributed by atoms with Crippen LogP contribution in [0.5, 0.6) is 11.5 Å². The number of carbonyl (C=O) groups excluding carboxylic acids is 3. The van der Waals surface area contributed by atoms with Gasteiger partial charge in [-0.25, -0.2) is 9.78 Å². The molecule has 2 fully saturated rings. The number of rotatable bonds is 8. The Morgan fingerprint density at radius 3 is 2.49 bits per heavy atom. The van der Waals surface area contributed by atoms with Gasteiger partial charge >= 0.3 is 11.9 Å². The fourth-order valence-electron chi connectivity index (χ4n) is 5.87. The monoisotopic (exact) mass is 586 g/mol. The van der Waals surface area contributed by atoms with Gasteiger partial charge in [-0.3, -0.25) is 9.59 Å². The van der Waals surface area contributed by atoms with Gasteiger partial charge in [0.25, 0.3) is 5.91 Å². The SMILES string of the molecule is COc1ccnc(C(=O)N[C@H]2COC[C@H](Cc3ccc(Cl)cc3)[C@@H](C3CCCC3)[C@H](C)OC2=O)c1OC(=O)C(C)C. The molecule has 1 aliphatic heterocycles. The molecule has 1 N–H and O–H groups in total. The highest BCUT2D eigenvalue weighted by Gasteiger charge is 2.40. The fraction of sp³-hybridized carbons (Fsp3) is 0.548. The number of cyclic esters (lactones) is 1. The molecule has 1 aliphatic carbocycles. The molecular formula is C31H39ClN2O7. The normalized spacial score (nSPS) is 23.7. The molecule has 222 valence electrons. The van der Waals surface area contributed by atoms with E-state index in [-0.39, 0.29) is 41.7 Å². The van der Waals surface area contributed by atoms with E-state index in [1.807, 2.05) is 31.2 Å². The van der Waals surface area contributed by atoms with E-state index >= 15 is 0 Å². The van der Waals surface area contributed by atoms with E-state index in [2.05, 4.69) is 10.3 Å². The zero-order valence-corrected chi connectivity index (χ0v) is 24.8. The highest BCUT2D eigenvalue weighted by molar-refractivity contribution is 6.30. The van der Waals surface area contributed by atoms with Gasteiger partial charge in [0.1, 0.15) is 6.10 Å². The maximum Gasteiger partial charge on any atom is 0.331 e. The number of methoxy groups -OCH3 is 1. The number of benzene rings is 1. The highest BCUT2D eigenvalue weighted by Crippen LogP contribution is 2.40. The summed E-state index contributed by atoms with van der Waals surface area (Å²) in [5, 5.41) is 3.37. The molecule has 41 heavy (non-hydrogen) atoms. The molecule has 4 atom stereocenters. The Labute approximate surface area is 246 Å². The minimum absolute atomic E-state index is 0.0725. The second-order valence-electron chi connectivity index (χ2n) is 11.2. The molecule has 1 aromatic carbocycles. The van der Waals surface area contributed by atoms with Crippen molar-refractivity contribution in [3.63, 3.8) is 0 Å². The number of nitrogens with zero attached hydrogens (tertiary/aromatic N) is 1. The molecular weight excluding hydrogens is 548 g/mol. The number of pyridine rings is 1. The third-order valence-electron chi connectivity index (χ3n) is 7.93. The van der Waals surface area contributed by atoms with E-state index in [0.29, 0.717) is 17.5 Å². The molecule has 1 saturated carbocycles. The Morgan fingerprint density at radius 1 is 1.12 bits per heavy atom. The highest BCUT2D eigenvalue weighted by atomic mass is 35.5. The standard InChI is InChI=1S/C31H39ClN2O7/c1-18(2)30(36)41-28-25(38-4)13-14-33-27(28)29(35)34-24-17-39-16-22(15-20-9-11-23(32)12-10-20)26(19(3)40-31(24)37)21-7-5-6-8-21/h9-14,18-19,21-22,24,26H,5-8,15-17H2,1-4H3,(H,34,35)/t19-,22-,24-,26+/m0/s1. The van der Waals surface area contributed by atoms with Crippen LogP contribution in [0.3, 0.4) is 0 Å². The van der Waals surface area contributed by atoms with Crippen LogP contribution in [-0.2, 0) is 25.5 Å². The lowest BCUT2D eigenvalue weighted by Crippen LogP contribution is -2.46. The summed E-state index contributed by atoms with van der Waals surface area (Å²) in [6.07, 6.45) is 6.25. The van der Waals surface area contributed by atoms with Crippen LogP contribution in [0.4, 0.5) is 0 Å². The lowest BCUT2D eigenvalue weighted by molar-refractivity contribution is -0.155. The van der Waals surface area contributed by atoms with Gasteiger partial charge < -0.3 is 24.3 Å². The number of aromatic nitrogens is 1. The van der Waals surface area contributed by atoms with Crippen molar-refractivity contribution in [3.05, 3.63) is 52.8 Å². The lowest BCUT2D eigenvalue weighted by Gasteiger charge is -2.35. The second-order valence-corrected chi connectivity index (χ2v) is 11.6. The van der Waals surface area contributed by atoms with E-state index in [4.69, 9.17) is 30.5 Å². The Hall–Kier alpha value is -3.17. The molecule has 0 bridgehead atoms. The minimum atomic E-state index is -1.08. The van der Waals surface area contributed by atoms with E-state index < -0.39 is 29.8 Å². The predicted molar refractivity (Wildman–Crippen MR) is 153 cm³/mol. The summed E-state index contributed by atoms with van der Waals surface area (Å²) in [5.41, 5.74) is 0.963. The summed E-state index contributed by atoms with van der Waals surface area (Å²) >= 11 is 6.11. The zero-order chi connectivity index (χ0) is 29.5. The van der Waals surface area contributed by atoms with Gasteiger partial charge in [-0.1, -0.05) is 63.3 Å². The number of hydrogen-bond acceptors (Lipinski definition) is 8. The molecule has 1 saturated heterocycles. The maximum atomic E-state index is 13.4. The summed E-state index contributed by atoms with van der Waals surface area (Å²) in [6, 6.07) is 8.21. The number of halogens is 1. The molecule has 1 aromatic heterocycles. The number of nitrogens with one attached hydrogen (secondary N) is 1. The van der Waals surface area contributed by atoms with Crippen LogP contribution in [0, 0.1) is 23.7 Å². The zero-order valence-electron chi connectivity index (χ0n) is 24.1. The third kappa shape index (κ3) is 7.77. The summed E-state index contributed by atoms with van der Waals surface area (Å²) < 4.78 is 22.9. The van der Waals surface area contributed by atoms with E-state index in [0.717, 1.165) is 37.7 Å². The smallest absolute Gasteiger partial charge is 0.331 e. The average Bonchev–Trinajstić information content (AvgIpc) is 3.48. The minimum Gasteiger partial charge on any atom is -0.493 e. The Morgan fingerprint density at radius 2 is 1.83 bits per heavy atom. The molecule has 2 aliphatic rings. The van der Waals surface area contributed by atoms with Crippen LogP contribution in [-0.4, -0.2) is 55.3 Å². The number of ether oxygens (including phenoxy) is 4. The van der Waals surface area contributed by atoms with Gasteiger partial charge in [0, 0.05) is 23.2 Å². The molecule has 0 radical (unpaired) electrons. The Kier molecular flexibility index (Phi) is 10.6. The van der Waals surface area contributed by atoms with E-state index in [1.54, 1.807) is 13.8 Å². The van der Waals surface area contributed by atoms with Crippen LogP contribution in [0.1, 0.15) is 62.5 Å².